The van der Waals surface area contributed by atoms with E-state index in [1.165, 1.54) is 0 Å². The number of nitrogens with one attached hydrogen (secondary N) is 1. The third-order valence-corrected chi connectivity index (χ3v) is 3.73. The van der Waals surface area contributed by atoms with Crippen molar-refractivity contribution >= 4 is 29.3 Å². The monoisotopic (exact) mass is 286 g/mol. The number of carbonyl (C=O) groups is 1. The first kappa shape index (κ1) is 15.3. The summed E-state index contributed by atoms with van der Waals surface area (Å²) in [5.41, 5.74) is 6.14. The van der Waals surface area contributed by atoms with Gasteiger partial charge in [-0.3, -0.25) is 4.79 Å². The number of hydrogen-bond acceptors (Lipinski definition) is 3. The second kappa shape index (κ2) is 7.67. The van der Waals surface area contributed by atoms with Crippen molar-refractivity contribution in [3.63, 3.8) is 0 Å². The number of carbonyl (C=O) groups excluding carboxylic acids is 1. The summed E-state index contributed by atoms with van der Waals surface area (Å²) >= 11 is 7.63. The molecule has 0 aliphatic carbocycles. The van der Waals surface area contributed by atoms with Crippen LogP contribution in [-0.4, -0.2) is 24.7 Å². The van der Waals surface area contributed by atoms with Crippen LogP contribution in [0.3, 0.4) is 0 Å². The minimum Gasteiger partial charge on any atom is -0.348 e. The van der Waals surface area contributed by atoms with E-state index in [1.54, 1.807) is 17.8 Å². The maximum Gasteiger partial charge on any atom is 0.253 e. The van der Waals surface area contributed by atoms with Crippen molar-refractivity contribution in [3.8, 4) is 0 Å². The Morgan fingerprint density at radius 3 is 2.83 bits per heavy atom. The molecular weight excluding hydrogens is 268 g/mol. The highest BCUT2D eigenvalue weighted by Crippen LogP contribution is 2.23. The number of thioether (sulfide) groups is 1. The van der Waals surface area contributed by atoms with E-state index in [4.69, 9.17) is 17.3 Å². The molecule has 1 rings (SSSR count). The zero-order chi connectivity index (χ0) is 13.5. The van der Waals surface area contributed by atoms with Crippen LogP contribution in [0.15, 0.2) is 23.1 Å². The van der Waals surface area contributed by atoms with Crippen molar-refractivity contribution in [1.82, 2.24) is 5.32 Å². The lowest BCUT2D eigenvalue weighted by molar-refractivity contribution is 0.0936. The Labute approximate surface area is 117 Å². The zero-order valence-electron chi connectivity index (χ0n) is 10.7. The van der Waals surface area contributed by atoms with Crippen molar-refractivity contribution in [2.45, 2.75) is 30.7 Å². The van der Waals surface area contributed by atoms with Crippen LogP contribution < -0.4 is 11.1 Å². The Balaban J connectivity index is 2.82. The molecule has 1 atom stereocenters. The predicted octanol–water partition coefficient (Wildman–Crippen LogP) is 2.92. The maximum atomic E-state index is 12.1. The van der Waals surface area contributed by atoms with Crippen molar-refractivity contribution in [2.24, 2.45) is 5.73 Å². The van der Waals surface area contributed by atoms with Gasteiger partial charge in [0.05, 0.1) is 10.6 Å². The number of halogens is 1. The largest absolute Gasteiger partial charge is 0.348 e. The van der Waals surface area contributed by atoms with E-state index in [0.29, 0.717) is 17.1 Å². The molecule has 0 aliphatic rings. The molecule has 0 saturated carbocycles. The molecular formula is C13H19ClN2OS. The molecule has 0 spiro atoms. The van der Waals surface area contributed by atoms with Gasteiger partial charge in [-0.05, 0) is 30.9 Å². The van der Waals surface area contributed by atoms with Crippen molar-refractivity contribution < 1.29 is 4.79 Å². The lowest BCUT2D eigenvalue weighted by Crippen LogP contribution is -2.40. The van der Waals surface area contributed by atoms with E-state index in [-0.39, 0.29) is 11.9 Å². The molecule has 0 bridgehead atoms. The number of amides is 1. The van der Waals surface area contributed by atoms with Crippen LogP contribution >= 0.6 is 23.4 Å². The lowest BCUT2D eigenvalue weighted by atomic mass is 10.1. The summed E-state index contributed by atoms with van der Waals surface area (Å²) in [5, 5.41) is 3.39. The number of benzene rings is 1. The van der Waals surface area contributed by atoms with Gasteiger partial charge in [0, 0.05) is 17.5 Å². The highest BCUT2D eigenvalue weighted by Gasteiger charge is 2.15. The van der Waals surface area contributed by atoms with Crippen molar-refractivity contribution in [3.05, 3.63) is 28.8 Å². The molecule has 0 saturated heterocycles. The molecule has 1 aromatic carbocycles. The van der Waals surface area contributed by atoms with Gasteiger partial charge in [-0.1, -0.05) is 24.9 Å². The molecule has 3 N–H and O–H groups in total. The number of rotatable bonds is 6. The van der Waals surface area contributed by atoms with Crippen LogP contribution in [0.2, 0.25) is 5.02 Å². The molecule has 3 nitrogen and oxygen atoms in total. The molecule has 0 fully saturated rings. The van der Waals surface area contributed by atoms with Crippen LogP contribution in [0.1, 0.15) is 30.1 Å². The molecule has 1 unspecified atom stereocenters. The molecule has 0 heterocycles. The van der Waals surface area contributed by atoms with Gasteiger partial charge in [-0.25, -0.2) is 0 Å². The standard InChI is InChI=1S/C13H19ClN2OS/c1-3-4-9(8-15)16-13(17)11-7-10(18-2)5-6-12(11)14/h5-7,9H,3-4,8,15H2,1-2H3,(H,16,17). The van der Waals surface area contributed by atoms with Gasteiger partial charge >= 0.3 is 0 Å². The average Bonchev–Trinajstić information content (AvgIpc) is 2.38. The molecule has 5 heteroatoms. The SMILES string of the molecule is CCCC(CN)NC(=O)c1cc(SC)ccc1Cl. The predicted molar refractivity (Wildman–Crippen MR) is 78.4 cm³/mol. The Hall–Kier alpha value is -0.710. The molecule has 0 aliphatic heterocycles. The van der Waals surface area contributed by atoms with E-state index in [9.17, 15) is 4.79 Å². The smallest absolute Gasteiger partial charge is 0.253 e. The first-order valence-corrected chi connectivity index (χ1v) is 7.57. The summed E-state index contributed by atoms with van der Waals surface area (Å²) in [6, 6.07) is 5.47. The fourth-order valence-corrected chi connectivity index (χ4v) is 2.31. The number of nitrogens with two attached hydrogens (primary N) is 1. The normalized spacial score (nSPS) is 12.2. The fourth-order valence-electron chi connectivity index (χ4n) is 1.67. The molecule has 1 aromatic rings. The summed E-state index contributed by atoms with van der Waals surface area (Å²) in [5.74, 6) is -0.153. The van der Waals surface area contributed by atoms with Gasteiger partial charge in [0.1, 0.15) is 0 Å². The average molecular weight is 287 g/mol. The first-order valence-electron chi connectivity index (χ1n) is 5.96. The Bertz CT molecular complexity index is 412. The third kappa shape index (κ3) is 4.19. The quantitative estimate of drug-likeness (QED) is 0.791. The number of hydrogen-bond donors (Lipinski definition) is 2. The van der Waals surface area contributed by atoms with E-state index in [2.05, 4.69) is 12.2 Å². The lowest BCUT2D eigenvalue weighted by Gasteiger charge is -2.16. The topological polar surface area (TPSA) is 55.1 Å². The molecule has 0 aromatic heterocycles. The second-order valence-electron chi connectivity index (χ2n) is 4.04. The van der Waals surface area contributed by atoms with Crippen LogP contribution in [0.25, 0.3) is 0 Å². The van der Waals surface area contributed by atoms with Gasteiger partial charge in [-0.2, -0.15) is 0 Å². The Morgan fingerprint density at radius 2 is 2.28 bits per heavy atom. The van der Waals surface area contributed by atoms with E-state index >= 15 is 0 Å². The van der Waals surface area contributed by atoms with Gasteiger partial charge in [0.2, 0.25) is 0 Å². The second-order valence-corrected chi connectivity index (χ2v) is 5.33. The van der Waals surface area contributed by atoms with Crippen LogP contribution in [-0.2, 0) is 0 Å². The summed E-state index contributed by atoms with van der Waals surface area (Å²) < 4.78 is 0. The van der Waals surface area contributed by atoms with Crippen LogP contribution in [0.5, 0.6) is 0 Å². The van der Waals surface area contributed by atoms with Gasteiger partial charge < -0.3 is 11.1 Å². The van der Waals surface area contributed by atoms with Crippen molar-refractivity contribution in [2.75, 3.05) is 12.8 Å². The summed E-state index contributed by atoms with van der Waals surface area (Å²) in [4.78, 5) is 13.1. The minimum atomic E-state index is -0.153. The van der Waals surface area contributed by atoms with Gasteiger partial charge in [0.15, 0.2) is 0 Å². The minimum absolute atomic E-state index is 0.0107. The highest BCUT2D eigenvalue weighted by molar-refractivity contribution is 7.98. The third-order valence-electron chi connectivity index (χ3n) is 2.68. The highest BCUT2D eigenvalue weighted by atomic mass is 35.5. The Kier molecular flexibility index (Phi) is 6.54. The van der Waals surface area contributed by atoms with E-state index < -0.39 is 0 Å². The molecule has 18 heavy (non-hydrogen) atoms. The summed E-state index contributed by atoms with van der Waals surface area (Å²) in [7, 11) is 0. The summed E-state index contributed by atoms with van der Waals surface area (Å²) in [6.07, 6.45) is 3.83. The zero-order valence-corrected chi connectivity index (χ0v) is 12.3. The van der Waals surface area contributed by atoms with Gasteiger partial charge in [0.25, 0.3) is 5.91 Å². The van der Waals surface area contributed by atoms with Crippen molar-refractivity contribution in [1.29, 1.82) is 0 Å². The summed E-state index contributed by atoms with van der Waals surface area (Å²) in [6.45, 7) is 2.51. The maximum absolute atomic E-state index is 12.1. The van der Waals surface area contributed by atoms with E-state index in [1.807, 2.05) is 18.4 Å². The van der Waals surface area contributed by atoms with E-state index in [0.717, 1.165) is 17.7 Å². The van der Waals surface area contributed by atoms with Crippen LogP contribution in [0.4, 0.5) is 0 Å². The molecule has 0 radical (unpaired) electrons. The fraction of sp³-hybridized carbons (Fsp3) is 0.462. The first-order chi connectivity index (χ1) is 8.62. The molecule has 100 valence electrons. The molecule has 1 amide bonds. The van der Waals surface area contributed by atoms with Gasteiger partial charge in [-0.15, -0.1) is 11.8 Å². The Morgan fingerprint density at radius 1 is 1.56 bits per heavy atom. The van der Waals surface area contributed by atoms with Crippen LogP contribution in [0, 0.1) is 0 Å².